The number of carbonyl (C=O) groups excluding carboxylic acids is 3. The molecular weight excluding hydrogens is 480 g/mol. The molecule has 0 aliphatic carbocycles. The van der Waals surface area contributed by atoms with Gasteiger partial charge in [0, 0.05) is 32.7 Å². The van der Waals surface area contributed by atoms with Gasteiger partial charge in [-0.05, 0) is 49.7 Å². The Morgan fingerprint density at radius 1 is 1.00 bits per heavy atom. The first-order chi connectivity index (χ1) is 18.5. The Balaban J connectivity index is 1.22. The minimum Gasteiger partial charge on any atom is -0.445 e. The number of piperidine rings is 1. The predicted molar refractivity (Wildman–Crippen MR) is 146 cm³/mol. The van der Waals surface area contributed by atoms with Crippen LogP contribution in [-0.4, -0.2) is 65.5 Å². The van der Waals surface area contributed by atoms with E-state index in [0.29, 0.717) is 45.2 Å². The highest BCUT2D eigenvalue weighted by Gasteiger charge is 2.53. The van der Waals surface area contributed by atoms with Gasteiger partial charge in [-0.2, -0.15) is 0 Å². The van der Waals surface area contributed by atoms with E-state index in [1.807, 2.05) is 53.4 Å². The molecule has 0 unspecified atom stereocenters. The van der Waals surface area contributed by atoms with Gasteiger partial charge in [-0.3, -0.25) is 14.5 Å². The molecule has 0 aromatic heterocycles. The Morgan fingerprint density at radius 3 is 2.32 bits per heavy atom. The summed E-state index contributed by atoms with van der Waals surface area (Å²) in [4.78, 5) is 43.1. The first-order valence-corrected chi connectivity index (χ1v) is 13.8. The summed E-state index contributed by atoms with van der Waals surface area (Å²) in [6.07, 6.45) is 3.64. The van der Waals surface area contributed by atoms with Crippen molar-refractivity contribution >= 4 is 17.9 Å². The highest BCUT2D eigenvalue weighted by atomic mass is 16.5. The van der Waals surface area contributed by atoms with Crippen molar-refractivity contribution in [2.45, 2.75) is 70.2 Å². The van der Waals surface area contributed by atoms with Crippen LogP contribution in [0.25, 0.3) is 0 Å². The van der Waals surface area contributed by atoms with Crippen LogP contribution < -0.4 is 10.6 Å². The van der Waals surface area contributed by atoms with Crippen LogP contribution in [0.2, 0.25) is 0 Å². The summed E-state index contributed by atoms with van der Waals surface area (Å²) in [6.45, 7) is 5.76. The number of hydrogen-bond acceptors (Lipinski definition) is 5. The molecular formula is C30H40N4O4. The van der Waals surface area contributed by atoms with Gasteiger partial charge in [-0.1, -0.05) is 67.6 Å². The zero-order chi connectivity index (χ0) is 26.8. The van der Waals surface area contributed by atoms with E-state index in [2.05, 4.69) is 34.6 Å². The van der Waals surface area contributed by atoms with Gasteiger partial charge in [0.15, 0.2) is 0 Å². The summed E-state index contributed by atoms with van der Waals surface area (Å²) in [7, 11) is 0. The number of benzene rings is 2. The lowest BCUT2D eigenvalue weighted by Gasteiger charge is -2.51. The minimum atomic E-state index is -0.749. The van der Waals surface area contributed by atoms with Gasteiger partial charge in [0.1, 0.15) is 18.2 Å². The molecule has 2 aliphatic rings. The van der Waals surface area contributed by atoms with E-state index in [1.54, 1.807) is 0 Å². The summed E-state index contributed by atoms with van der Waals surface area (Å²) in [6, 6.07) is 19.4. The molecule has 1 atom stereocenters. The number of unbranched alkanes of at least 4 members (excludes halogenated alkanes) is 1. The minimum absolute atomic E-state index is 0.0162. The van der Waals surface area contributed by atoms with Crippen LogP contribution in [0, 0.1) is 0 Å². The van der Waals surface area contributed by atoms with Gasteiger partial charge in [0.2, 0.25) is 11.8 Å². The highest BCUT2D eigenvalue weighted by molar-refractivity contribution is 6.00. The largest absolute Gasteiger partial charge is 0.445 e. The van der Waals surface area contributed by atoms with Crippen molar-refractivity contribution in [1.82, 2.24) is 20.4 Å². The van der Waals surface area contributed by atoms with Crippen molar-refractivity contribution in [1.29, 1.82) is 0 Å². The lowest BCUT2D eigenvalue weighted by atomic mass is 9.81. The summed E-state index contributed by atoms with van der Waals surface area (Å²) >= 11 is 0. The zero-order valence-corrected chi connectivity index (χ0v) is 22.4. The second-order valence-corrected chi connectivity index (χ2v) is 10.3. The molecule has 2 N–H and O–H groups in total. The average Bonchev–Trinajstić information content (AvgIpc) is 2.94. The van der Waals surface area contributed by atoms with E-state index >= 15 is 0 Å². The van der Waals surface area contributed by atoms with Crippen molar-refractivity contribution < 1.29 is 19.1 Å². The molecule has 38 heavy (non-hydrogen) atoms. The zero-order valence-electron chi connectivity index (χ0n) is 22.4. The number of rotatable bonds is 11. The van der Waals surface area contributed by atoms with Gasteiger partial charge in [0.05, 0.1) is 0 Å². The van der Waals surface area contributed by atoms with Gasteiger partial charge < -0.3 is 20.3 Å². The van der Waals surface area contributed by atoms with Crippen molar-refractivity contribution in [2.24, 2.45) is 0 Å². The number of amides is 3. The Kier molecular flexibility index (Phi) is 9.76. The third-order valence-corrected chi connectivity index (χ3v) is 7.59. The summed E-state index contributed by atoms with van der Waals surface area (Å²) < 4.78 is 5.23. The van der Waals surface area contributed by atoms with Crippen LogP contribution >= 0.6 is 0 Å². The smallest absolute Gasteiger partial charge is 0.407 e. The molecule has 1 spiro atoms. The first-order valence-electron chi connectivity index (χ1n) is 13.8. The van der Waals surface area contributed by atoms with Crippen molar-refractivity contribution in [3.63, 3.8) is 0 Å². The molecule has 3 amide bonds. The van der Waals surface area contributed by atoms with Crippen LogP contribution in [0.5, 0.6) is 0 Å². The lowest BCUT2D eigenvalue weighted by molar-refractivity contribution is -0.161. The Labute approximate surface area is 225 Å². The third kappa shape index (κ3) is 6.92. The second-order valence-electron chi connectivity index (χ2n) is 10.3. The molecule has 2 saturated heterocycles. The van der Waals surface area contributed by atoms with E-state index in [-0.39, 0.29) is 18.4 Å². The Morgan fingerprint density at radius 2 is 1.66 bits per heavy atom. The highest BCUT2D eigenvalue weighted by Crippen LogP contribution is 2.34. The van der Waals surface area contributed by atoms with Crippen LogP contribution in [0.3, 0.4) is 0 Å². The molecule has 0 radical (unpaired) electrons. The first kappa shape index (κ1) is 27.6. The molecule has 2 fully saturated rings. The molecule has 2 heterocycles. The Hall–Kier alpha value is -3.39. The van der Waals surface area contributed by atoms with Crippen LogP contribution in [0.1, 0.15) is 56.6 Å². The van der Waals surface area contributed by atoms with E-state index in [9.17, 15) is 14.4 Å². The van der Waals surface area contributed by atoms with E-state index in [0.717, 1.165) is 31.6 Å². The van der Waals surface area contributed by atoms with Gasteiger partial charge >= 0.3 is 6.09 Å². The third-order valence-electron chi connectivity index (χ3n) is 7.59. The SMILES string of the molecule is CCCN1C(=O)[C@H](CCCCNC(=O)OCc2ccccc2)NC(=O)C12CCN(Cc1ccccc1)CC2. The fourth-order valence-electron chi connectivity index (χ4n) is 5.48. The van der Waals surface area contributed by atoms with Crippen LogP contribution in [0.15, 0.2) is 60.7 Å². The maximum atomic E-state index is 13.5. The molecule has 8 heteroatoms. The van der Waals surface area contributed by atoms with Crippen molar-refractivity contribution in [2.75, 3.05) is 26.2 Å². The normalized spacial score (nSPS) is 19.3. The molecule has 0 bridgehead atoms. The number of ether oxygens (including phenoxy) is 1. The fourth-order valence-corrected chi connectivity index (χ4v) is 5.48. The molecule has 204 valence electrons. The van der Waals surface area contributed by atoms with Crippen LogP contribution in [0.4, 0.5) is 4.79 Å². The van der Waals surface area contributed by atoms with E-state index in [1.165, 1.54) is 5.56 Å². The monoisotopic (exact) mass is 520 g/mol. The standard InChI is InChI=1S/C30H40N4O4/c1-2-19-34-27(35)26(15-9-10-18-31-29(37)38-23-25-13-7-4-8-14-25)32-28(36)30(34)16-20-33(21-17-30)22-24-11-5-3-6-12-24/h3-8,11-14,26H,2,9-10,15-23H2,1H3,(H,31,37)(H,32,36)/t26-/m0/s1. The van der Waals surface area contributed by atoms with Gasteiger partial charge in [-0.25, -0.2) is 4.79 Å². The maximum absolute atomic E-state index is 13.5. The topological polar surface area (TPSA) is 91.0 Å². The lowest BCUT2D eigenvalue weighted by Crippen LogP contribution is -2.72. The number of likely N-dealkylation sites (tertiary alicyclic amines) is 1. The maximum Gasteiger partial charge on any atom is 0.407 e. The quantitative estimate of drug-likeness (QED) is 0.439. The number of alkyl carbamates (subject to hydrolysis) is 1. The molecule has 2 aliphatic heterocycles. The van der Waals surface area contributed by atoms with E-state index < -0.39 is 17.7 Å². The van der Waals surface area contributed by atoms with E-state index in [4.69, 9.17) is 4.74 Å². The number of nitrogens with zero attached hydrogens (tertiary/aromatic N) is 2. The number of hydrogen-bond donors (Lipinski definition) is 2. The molecule has 2 aromatic rings. The number of piperazine rings is 1. The molecule has 0 saturated carbocycles. The molecule has 8 nitrogen and oxygen atoms in total. The number of nitrogens with one attached hydrogen (secondary N) is 2. The van der Waals surface area contributed by atoms with Crippen molar-refractivity contribution in [3.8, 4) is 0 Å². The summed E-state index contributed by atoms with van der Waals surface area (Å²) in [5, 5.41) is 5.82. The molecule has 2 aromatic carbocycles. The summed E-state index contributed by atoms with van der Waals surface area (Å²) in [5.74, 6) is 0.00992. The summed E-state index contributed by atoms with van der Waals surface area (Å²) in [5.41, 5.74) is 1.45. The molecule has 4 rings (SSSR count). The van der Waals surface area contributed by atoms with Gasteiger partial charge in [0.25, 0.3) is 0 Å². The predicted octanol–water partition coefficient (Wildman–Crippen LogP) is 3.85. The number of carbonyl (C=O) groups is 3. The second kappa shape index (κ2) is 13.4. The average molecular weight is 521 g/mol. The van der Waals surface area contributed by atoms with Crippen LogP contribution in [-0.2, 0) is 27.5 Å². The Bertz CT molecular complexity index is 1050. The van der Waals surface area contributed by atoms with Gasteiger partial charge in [-0.15, -0.1) is 0 Å². The van der Waals surface area contributed by atoms with Crippen molar-refractivity contribution in [3.05, 3.63) is 71.8 Å². The fraction of sp³-hybridized carbons (Fsp3) is 0.500.